The van der Waals surface area contributed by atoms with Crippen LogP contribution in [0.25, 0.3) is 6.20 Å². The minimum Gasteiger partial charge on any atom is -0.310 e. The first-order valence-electron chi connectivity index (χ1n) is 5.68. The molecule has 1 N–H and O–H groups in total. The average Bonchev–Trinajstić information content (AvgIpc) is 2.96. The van der Waals surface area contributed by atoms with Gasteiger partial charge in [0.2, 0.25) is 0 Å². The summed E-state index contributed by atoms with van der Waals surface area (Å²) in [5.74, 6) is 0. The number of nitrogens with zero attached hydrogens (tertiary/aromatic N) is 2. The third-order valence-corrected chi connectivity index (χ3v) is 3.35. The Morgan fingerprint density at radius 3 is 3.12 bits per heavy atom. The molecule has 2 rings (SSSR count). The van der Waals surface area contributed by atoms with Gasteiger partial charge in [0, 0.05) is 30.5 Å². The Kier molecular flexibility index (Phi) is 4.12. The Morgan fingerprint density at radius 1 is 1.59 bits per heavy atom. The maximum atomic E-state index is 4.15. The SMILES string of the molecule is C=Cn1cc(CNC(C)Cc2ccsc2)cn1. The van der Waals surface area contributed by atoms with Crippen LogP contribution in [0.2, 0.25) is 0 Å². The van der Waals surface area contributed by atoms with Gasteiger partial charge in [0.15, 0.2) is 0 Å². The van der Waals surface area contributed by atoms with Crippen molar-refractivity contribution in [3.05, 3.63) is 46.9 Å². The van der Waals surface area contributed by atoms with Crippen LogP contribution >= 0.6 is 11.3 Å². The molecule has 0 aliphatic heterocycles. The van der Waals surface area contributed by atoms with E-state index in [9.17, 15) is 0 Å². The van der Waals surface area contributed by atoms with Crippen molar-refractivity contribution in [3.8, 4) is 0 Å². The molecule has 4 heteroatoms. The van der Waals surface area contributed by atoms with E-state index < -0.39 is 0 Å². The molecule has 0 radical (unpaired) electrons. The fourth-order valence-corrected chi connectivity index (χ4v) is 2.38. The highest BCUT2D eigenvalue weighted by atomic mass is 32.1. The van der Waals surface area contributed by atoms with Gasteiger partial charge in [-0.1, -0.05) is 6.58 Å². The van der Waals surface area contributed by atoms with Crippen molar-refractivity contribution in [3.63, 3.8) is 0 Å². The van der Waals surface area contributed by atoms with Gasteiger partial charge in [-0.2, -0.15) is 16.4 Å². The Balaban J connectivity index is 1.79. The van der Waals surface area contributed by atoms with Gasteiger partial charge in [-0.25, -0.2) is 4.68 Å². The van der Waals surface area contributed by atoms with E-state index in [1.807, 2.05) is 12.4 Å². The van der Waals surface area contributed by atoms with Crippen molar-refractivity contribution in [2.24, 2.45) is 0 Å². The zero-order valence-electron chi connectivity index (χ0n) is 9.97. The Labute approximate surface area is 106 Å². The molecule has 0 spiro atoms. The first-order chi connectivity index (χ1) is 8.28. The molecule has 0 aliphatic carbocycles. The summed E-state index contributed by atoms with van der Waals surface area (Å²) in [5, 5.41) is 12.0. The minimum atomic E-state index is 0.469. The van der Waals surface area contributed by atoms with Gasteiger partial charge in [0.05, 0.1) is 6.20 Å². The number of aromatic nitrogens is 2. The van der Waals surface area contributed by atoms with Crippen molar-refractivity contribution >= 4 is 17.5 Å². The molecule has 0 saturated heterocycles. The molecule has 0 amide bonds. The summed E-state index contributed by atoms with van der Waals surface area (Å²) in [6.45, 7) is 6.72. The topological polar surface area (TPSA) is 29.9 Å². The van der Waals surface area contributed by atoms with Crippen LogP contribution in [0.4, 0.5) is 0 Å². The van der Waals surface area contributed by atoms with Crippen LogP contribution in [-0.4, -0.2) is 15.8 Å². The number of nitrogens with one attached hydrogen (secondary N) is 1. The Hall–Kier alpha value is -1.39. The van der Waals surface area contributed by atoms with E-state index in [1.165, 1.54) is 11.1 Å². The quantitative estimate of drug-likeness (QED) is 0.850. The van der Waals surface area contributed by atoms with E-state index in [-0.39, 0.29) is 0 Å². The molecule has 1 atom stereocenters. The lowest BCUT2D eigenvalue weighted by Crippen LogP contribution is -2.27. The van der Waals surface area contributed by atoms with Crippen molar-refractivity contribution in [2.75, 3.05) is 0 Å². The molecule has 90 valence electrons. The molecule has 0 bridgehead atoms. The summed E-state index contributed by atoms with van der Waals surface area (Å²) >= 11 is 1.75. The summed E-state index contributed by atoms with van der Waals surface area (Å²) in [5.41, 5.74) is 2.58. The van der Waals surface area contributed by atoms with E-state index in [0.717, 1.165) is 13.0 Å². The molecule has 0 saturated carbocycles. The Morgan fingerprint density at radius 2 is 2.47 bits per heavy atom. The van der Waals surface area contributed by atoms with E-state index in [1.54, 1.807) is 22.2 Å². The van der Waals surface area contributed by atoms with Gasteiger partial charge in [0.1, 0.15) is 0 Å². The zero-order valence-corrected chi connectivity index (χ0v) is 10.8. The third kappa shape index (κ3) is 3.54. The number of rotatable bonds is 6. The monoisotopic (exact) mass is 247 g/mol. The molecular weight excluding hydrogens is 230 g/mol. The molecule has 0 aliphatic rings. The van der Waals surface area contributed by atoms with Gasteiger partial charge < -0.3 is 5.32 Å². The van der Waals surface area contributed by atoms with Crippen LogP contribution in [0.5, 0.6) is 0 Å². The lowest BCUT2D eigenvalue weighted by Gasteiger charge is -2.11. The van der Waals surface area contributed by atoms with Gasteiger partial charge >= 0.3 is 0 Å². The van der Waals surface area contributed by atoms with Gasteiger partial charge in [0.25, 0.3) is 0 Å². The molecule has 2 heterocycles. The van der Waals surface area contributed by atoms with Crippen LogP contribution in [0, 0.1) is 0 Å². The summed E-state index contributed by atoms with van der Waals surface area (Å²) in [7, 11) is 0. The number of hydrogen-bond donors (Lipinski definition) is 1. The predicted molar refractivity (Wildman–Crippen MR) is 72.9 cm³/mol. The first kappa shape index (κ1) is 12.1. The summed E-state index contributed by atoms with van der Waals surface area (Å²) in [4.78, 5) is 0. The first-order valence-corrected chi connectivity index (χ1v) is 6.62. The number of hydrogen-bond acceptors (Lipinski definition) is 3. The second-order valence-corrected chi connectivity index (χ2v) is 4.91. The van der Waals surface area contributed by atoms with Gasteiger partial charge in [-0.05, 0) is 35.7 Å². The fourth-order valence-electron chi connectivity index (χ4n) is 1.70. The molecule has 2 aromatic heterocycles. The second kappa shape index (κ2) is 5.80. The van der Waals surface area contributed by atoms with Crippen LogP contribution in [0.3, 0.4) is 0 Å². The molecule has 1 unspecified atom stereocenters. The fraction of sp³-hybridized carbons (Fsp3) is 0.308. The lowest BCUT2D eigenvalue weighted by molar-refractivity contribution is 0.546. The number of thiophene rings is 1. The molecule has 0 fully saturated rings. The Bertz CT molecular complexity index is 459. The van der Waals surface area contributed by atoms with Gasteiger partial charge in [-0.15, -0.1) is 0 Å². The smallest absolute Gasteiger partial charge is 0.0538 e. The van der Waals surface area contributed by atoms with Gasteiger partial charge in [-0.3, -0.25) is 0 Å². The van der Waals surface area contributed by atoms with Crippen LogP contribution in [0.15, 0.2) is 35.8 Å². The summed E-state index contributed by atoms with van der Waals surface area (Å²) in [6, 6.07) is 2.65. The van der Waals surface area contributed by atoms with Crippen molar-refractivity contribution in [2.45, 2.75) is 25.9 Å². The van der Waals surface area contributed by atoms with Crippen LogP contribution in [0.1, 0.15) is 18.1 Å². The average molecular weight is 247 g/mol. The second-order valence-electron chi connectivity index (χ2n) is 4.13. The standard InChI is InChI=1S/C13H17N3S/c1-3-16-9-13(8-15-16)7-14-11(2)6-12-4-5-17-10-12/h3-5,8-11,14H,1,6-7H2,2H3. The molecule has 2 aromatic rings. The predicted octanol–water partition coefficient (Wildman–Crippen LogP) is 2.77. The normalized spacial score (nSPS) is 12.5. The zero-order chi connectivity index (χ0) is 12.1. The van der Waals surface area contributed by atoms with E-state index in [2.05, 4.69) is 40.7 Å². The molecule has 17 heavy (non-hydrogen) atoms. The van der Waals surface area contributed by atoms with E-state index in [0.29, 0.717) is 6.04 Å². The molecule has 3 nitrogen and oxygen atoms in total. The minimum absolute atomic E-state index is 0.469. The largest absolute Gasteiger partial charge is 0.310 e. The molecular formula is C13H17N3S. The van der Waals surface area contributed by atoms with Crippen molar-refractivity contribution in [1.82, 2.24) is 15.1 Å². The van der Waals surface area contributed by atoms with Crippen LogP contribution < -0.4 is 5.32 Å². The molecule has 0 aromatic carbocycles. The van der Waals surface area contributed by atoms with Crippen molar-refractivity contribution in [1.29, 1.82) is 0 Å². The highest BCUT2D eigenvalue weighted by Gasteiger charge is 2.04. The van der Waals surface area contributed by atoms with Crippen molar-refractivity contribution < 1.29 is 0 Å². The van der Waals surface area contributed by atoms with E-state index in [4.69, 9.17) is 0 Å². The summed E-state index contributed by atoms with van der Waals surface area (Å²) < 4.78 is 1.72. The van der Waals surface area contributed by atoms with Crippen LogP contribution in [-0.2, 0) is 13.0 Å². The maximum Gasteiger partial charge on any atom is 0.0538 e. The summed E-state index contributed by atoms with van der Waals surface area (Å²) in [6.07, 6.45) is 6.61. The highest BCUT2D eigenvalue weighted by Crippen LogP contribution is 2.09. The third-order valence-electron chi connectivity index (χ3n) is 2.62. The highest BCUT2D eigenvalue weighted by molar-refractivity contribution is 7.07. The maximum absolute atomic E-state index is 4.15. The lowest BCUT2D eigenvalue weighted by atomic mass is 10.1. The van der Waals surface area contributed by atoms with E-state index >= 15 is 0 Å².